The van der Waals surface area contributed by atoms with E-state index in [4.69, 9.17) is 25.9 Å². The monoisotopic (exact) mass is 1050 g/mol. The van der Waals surface area contributed by atoms with Crippen molar-refractivity contribution in [2.24, 2.45) is 5.92 Å². The maximum Gasteiger partial charge on any atom is 0.409 e. The maximum absolute atomic E-state index is 17.3. The number of nitrogens with one attached hydrogen (secondary N) is 3. The van der Waals surface area contributed by atoms with E-state index in [2.05, 4.69) is 43.2 Å². The van der Waals surface area contributed by atoms with Gasteiger partial charge in [0.05, 0.1) is 27.6 Å². The van der Waals surface area contributed by atoms with Crippen molar-refractivity contribution in [3.05, 3.63) is 89.1 Å². The molecule has 4 N–H and O–H groups in total. The van der Waals surface area contributed by atoms with Gasteiger partial charge in [-0.15, -0.1) is 6.42 Å². The molecule has 7 aliphatic heterocycles. The Morgan fingerprint density at radius 2 is 1.79 bits per heavy atom. The van der Waals surface area contributed by atoms with Crippen molar-refractivity contribution < 1.29 is 47.3 Å². The van der Waals surface area contributed by atoms with Crippen molar-refractivity contribution in [2.75, 3.05) is 62.7 Å². The molecule has 18 nitrogen and oxygen atoms in total. The van der Waals surface area contributed by atoms with Crippen LogP contribution in [0.25, 0.3) is 32.9 Å². The molecule has 5 amide bonds. The summed E-state index contributed by atoms with van der Waals surface area (Å²) in [5.74, 6) is -0.522. The number of nitrogens with zero attached hydrogens (tertiary/aromatic N) is 7. The van der Waals surface area contributed by atoms with Gasteiger partial charge in [0.1, 0.15) is 47.9 Å². The number of fused-ring (bicyclic) bond motifs is 6. The van der Waals surface area contributed by atoms with Crippen LogP contribution in [0.15, 0.2) is 60.8 Å². The molecule has 0 spiro atoms. The molecule has 0 aliphatic carbocycles. The van der Waals surface area contributed by atoms with E-state index >= 15 is 8.78 Å². The van der Waals surface area contributed by atoms with Crippen molar-refractivity contribution in [3.63, 3.8) is 0 Å². The first-order valence-electron chi connectivity index (χ1n) is 26.6. The van der Waals surface area contributed by atoms with Gasteiger partial charge in [-0.2, -0.15) is 9.97 Å². The van der Waals surface area contributed by atoms with Crippen LogP contribution in [0.3, 0.4) is 0 Å². The Bertz CT molecular complexity index is 3350. The fourth-order valence-corrected chi connectivity index (χ4v) is 13.1. The number of hydrogen-bond donors (Lipinski definition) is 4. The van der Waals surface area contributed by atoms with Crippen molar-refractivity contribution in [2.45, 2.75) is 100 Å². The van der Waals surface area contributed by atoms with Gasteiger partial charge in [0.25, 0.3) is 11.8 Å². The summed E-state index contributed by atoms with van der Waals surface area (Å²) in [4.78, 5) is 86.0. The normalized spacial score (nSPS) is 24.4. The van der Waals surface area contributed by atoms with Gasteiger partial charge in [0.15, 0.2) is 5.82 Å². The van der Waals surface area contributed by atoms with Crippen molar-refractivity contribution in [1.82, 2.24) is 40.3 Å². The molecule has 20 heteroatoms. The smallest absolute Gasteiger partial charge is 0.409 e. The topological polar surface area (TPSA) is 212 Å². The molecule has 6 fully saturated rings. The number of phenols is 1. The average Bonchev–Trinajstić information content (AvgIpc) is 4.15. The Morgan fingerprint density at radius 1 is 0.987 bits per heavy atom. The number of aromatic hydroxyl groups is 1. The summed E-state index contributed by atoms with van der Waals surface area (Å²) in [7, 11) is 0. The number of halogens is 2. The first-order chi connectivity index (χ1) is 37.2. The zero-order valence-corrected chi connectivity index (χ0v) is 42.4. The number of anilines is 2. The molecule has 7 aliphatic rings. The van der Waals surface area contributed by atoms with Crippen LogP contribution in [0.4, 0.5) is 25.1 Å². The molecule has 9 heterocycles. The quantitative estimate of drug-likeness (QED) is 0.0433. The second-order valence-corrected chi connectivity index (χ2v) is 21.7. The lowest BCUT2D eigenvalue weighted by molar-refractivity contribution is -0.136. The third-order valence-electron chi connectivity index (χ3n) is 16.9. The Hall–Kier alpha value is -7.76. The van der Waals surface area contributed by atoms with Crippen LogP contribution < -0.4 is 25.6 Å². The number of piperidine rings is 2. The van der Waals surface area contributed by atoms with Gasteiger partial charge in [-0.3, -0.25) is 39.3 Å². The second-order valence-electron chi connectivity index (χ2n) is 21.7. The first-order valence-corrected chi connectivity index (χ1v) is 26.6. The highest BCUT2D eigenvalue weighted by Gasteiger charge is 2.52. The predicted molar refractivity (Wildman–Crippen MR) is 280 cm³/mol. The lowest BCUT2D eigenvalue weighted by Gasteiger charge is -2.35. The van der Waals surface area contributed by atoms with Gasteiger partial charge in [-0.05, 0) is 106 Å². The SMILES string of the molecule is C#Cc1c(F)ccc2cc(O)cc(-c3ncc4c(N5CC6CCC(C5)N6)nc(OC[C@@]56CC[C@@H](COC(=O)N7CCC(CCCNc8cccc9c8C(=O)N(C8CCC(=O)NC8=O)C9=O)CC7)N5CC(=C)C6)nc4c3F)c12. The molecule has 6 saturated heterocycles. The molecular formula is C57H58F2N10O8. The predicted octanol–water partition coefficient (Wildman–Crippen LogP) is 6.43. The zero-order chi connectivity index (χ0) is 53.3. The molecule has 12 rings (SSSR count). The number of likely N-dealkylation sites (tertiary alicyclic amines) is 1. The largest absolute Gasteiger partial charge is 0.508 e. The Kier molecular flexibility index (Phi) is 13.0. The summed E-state index contributed by atoms with van der Waals surface area (Å²) in [6.45, 7) is 8.29. The number of aromatic nitrogens is 3. The van der Waals surface area contributed by atoms with Crippen molar-refractivity contribution >= 4 is 62.9 Å². The Balaban J connectivity index is 0.678. The second kappa shape index (κ2) is 20.0. The number of benzene rings is 3. The van der Waals surface area contributed by atoms with Crippen LogP contribution in [0.1, 0.15) is 96.9 Å². The zero-order valence-electron chi connectivity index (χ0n) is 42.4. The van der Waals surface area contributed by atoms with E-state index < -0.39 is 46.8 Å². The molecule has 3 aromatic carbocycles. The molecule has 5 atom stereocenters. The lowest BCUT2D eigenvalue weighted by Crippen LogP contribution is -2.54. The molecule has 5 aromatic rings. The number of carbonyl (C=O) groups excluding carboxylic acids is 5. The molecule has 0 saturated carbocycles. The fourth-order valence-electron chi connectivity index (χ4n) is 13.1. The van der Waals surface area contributed by atoms with Crippen LogP contribution >= 0.6 is 0 Å². The van der Waals surface area contributed by atoms with Crippen LogP contribution in [0.2, 0.25) is 0 Å². The van der Waals surface area contributed by atoms with Gasteiger partial charge in [-0.1, -0.05) is 30.2 Å². The highest BCUT2D eigenvalue weighted by molar-refractivity contribution is 6.25. The molecular weight excluding hydrogens is 991 g/mol. The number of piperazine rings is 1. The molecule has 77 heavy (non-hydrogen) atoms. The number of phenolic OH excluding ortho intramolecular Hbond substituents is 1. The average molecular weight is 1050 g/mol. The summed E-state index contributed by atoms with van der Waals surface area (Å²) < 4.78 is 45.0. The van der Waals surface area contributed by atoms with E-state index in [0.29, 0.717) is 73.9 Å². The number of imide groups is 2. The Labute approximate surface area is 442 Å². The van der Waals surface area contributed by atoms with Crippen LogP contribution in [0.5, 0.6) is 11.8 Å². The van der Waals surface area contributed by atoms with Crippen molar-refractivity contribution in [1.29, 1.82) is 0 Å². The minimum Gasteiger partial charge on any atom is -0.508 e. The van der Waals surface area contributed by atoms with Gasteiger partial charge < -0.3 is 35.0 Å². The molecule has 3 unspecified atom stereocenters. The summed E-state index contributed by atoms with van der Waals surface area (Å²) in [5.41, 5.74) is 1.37. The van der Waals surface area contributed by atoms with Gasteiger partial charge in [0.2, 0.25) is 11.8 Å². The van der Waals surface area contributed by atoms with Crippen molar-refractivity contribution in [3.8, 4) is 35.4 Å². The minimum atomic E-state index is -1.03. The van der Waals surface area contributed by atoms with Gasteiger partial charge in [-0.25, -0.2) is 13.6 Å². The van der Waals surface area contributed by atoms with E-state index in [1.165, 1.54) is 30.5 Å². The molecule has 398 valence electrons. The number of rotatable bonds is 13. The lowest BCUT2D eigenvalue weighted by atomic mass is 9.92. The highest BCUT2D eigenvalue weighted by atomic mass is 19.1. The van der Waals surface area contributed by atoms with Crippen LogP contribution in [-0.4, -0.2) is 147 Å². The number of hydrogen-bond acceptors (Lipinski definition) is 15. The standard InChI is InChI=1S/C57H58F2N10O8/c1-3-38-42(58)12-9-33-22-37(70)23-40(46(33)38)49-48(59)50-41(25-61-49)51(67-27-34-10-11-35(28-67)62-34)65-55(64-50)77-30-57-18-15-36(68(57)26-31(2)24-57)29-76-56(75)66-20-16-32(17-21-66)6-5-19-60-43-8-4-7-39-47(43)54(74)69(53(39)73)44-13-14-45(71)63-52(44)72/h1,4,7-9,12,22-23,25,32,34-36,44,60,62,70H,2,5-6,10-11,13-21,24,26-30H2,(H,63,71,72)/t34?,35?,36-,44?,57-/m0/s1. The van der Waals surface area contributed by atoms with Gasteiger partial charge >= 0.3 is 12.1 Å². The number of ether oxygens (including phenoxy) is 2. The Morgan fingerprint density at radius 3 is 2.57 bits per heavy atom. The minimum absolute atomic E-state index is 0.0134. The summed E-state index contributed by atoms with van der Waals surface area (Å²) in [6, 6.07) is 9.82. The van der Waals surface area contributed by atoms with E-state index in [9.17, 15) is 29.1 Å². The molecule has 2 bridgehead atoms. The van der Waals surface area contributed by atoms with E-state index in [-0.39, 0.29) is 101 Å². The molecule has 0 radical (unpaired) electrons. The summed E-state index contributed by atoms with van der Waals surface area (Å²) in [6.07, 6.45) is 14.6. The highest BCUT2D eigenvalue weighted by Crippen LogP contribution is 2.45. The third kappa shape index (κ3) is 9.12. The van der Waals surface area contributed by atoms with Crippen LogP contribution in [-0.2, 0) is 14.3 Å². The number of terminal acetylenes is 1. The number of pyridine rings is 1. The fraction of sp³-hybridized carbons (Fsp3) is 0.439. The summed E-state index contributed by atoms with van der Waals surface area (Å²) >= 11 is 0. The first kappa shape index (κ1) is 50.1. The number of carbonyl (C=O) groups is 5. The van der Waals surface area contributed by atoms with Gasteiger partial charge in [0, 0.05) is 86.6 Å². The number of amides is 5. The van der Waals surface area contributed by atoms with E-state index in [0.717, 1.165) is 61.8 Å². The van der Waals surface area contributed by atoms with E-state index in [1.807, 2.05) is 0 Å². The molecule has 2 aromatic heterocycles. The maximum atomic E-state index is 17.3. The van der Waals surface area contributed by atoms with Crippen LogP contribution in [0, 0.1) is 29.9 Å². The third-order valence-corrected chi connectivity index (χ3v) is 16.9. The van der Waals surface area contributed by atoms with E-state index in [1.54, 1.807) is 23.1 Å². The summed E-state index contributed by atoms with van der Waals surface area (Å²) in [5, 5.41) is 21.0.